The molecule has 1 saturated heterocycles. The van der Waals surface area contributed by atoms with Crippen LogP contribution in [0, 0.1) is 5.82 Å². The first kappa shape index (κ1) is 16.3. The second-order valence-corrected chi connectivity index (χ2v) is 4.62. The predicted molar refractivity (Wildman–Crippen MR) is 66.1 cm³/mol. The van der Waals surface area contributed by atoms with E-state index in [1.54, 1.807) is 0 Å². The van der Waals surface area contributed by atoms with Crippen molar-refractivity contribution in [3.63, 3.8) is 0 Å². The molecule has 0 spiro atoms. The largest absolute Gasteiger partial charge is 0.479 e. The fourth-order valence-corrected chi connectivity index (χ4v) is 2.00. The van der Waals surface area contributed by atoms with Crippen molar-refractivity contribution in [1.29, 1.82) is 0 Å². The molecule has 0 radical (unpaired) electrons. The van der Waals surface area contributed by atoms with E-state index in [0.29, 0.717) is 0 Å². The molecule has 8 nitrogen and oxygen atoms in total. The highest BCUT2D eigenvalue weighted by Crippen LogP contribution is 2.24. The van der Waals surface area contributed by atoms with Gasteiger partial charge in [-0.05, 0) is 12.1 Å². The number of hydrogen-bond donors (Lipinski definition) is 4. The smallest absolute Gasteiger partial charge is 0.341 e. The molecule has 1 aromatic carbocycles. The highest BCUT2D eigenvalue weighted by Gasteiger charge is 2.49. The van der Waals surface area contributed by atoms with E-state index in [2.05, 4.69) is 4.74 Å². The van der Waals surface area contributed by atoms with Crippen molar-refractivity contribution in [1.82, 2.24) is 0 Å². The molecule has 120 valence electrons. The van der Waals surface area contributed by atoms with Crippen LogP contribution in [0.5, 0.6) is 0 Å². The van der Waals surface area contributed by atoms with Gasteiger partial charge in [0.1, 0.15) is 18.0 Å². The van der Waals surface area contributed by atoms with Crippen LogP contribution in [0.25, 0.3) is 0 Å². The molecule has 5 atom stereocenters. The molecule has 0 bridgehead atoms. The minimum absolute atomic E-state index is 0.447. The lowest BCUT2D eigenvalue weighted by Crippen LogP contribution is -2.60. The number of aliphatic hydroxyl groups is 3. The molecule has 2 rings (SSSR count). The maximum atomic E-state index is 13.4. The highest BCUT2D eigenvalue weighted by atomic mass is 19.1. The van der Waals surface area contributed by atoms with E-state index in [9.17, 15) is 29.3 Å². The molecule has 0 amide bonds. The van der Waals surface area contributed by atoms with Gasteiger partial charge in [0.15, 0.2) is 18.5 Å². The maximum Gasteiger partial charge on any atom is 0.341 e. The number of ether oxygens (including phenoxy) is 2. The molecule has 1 fully saturated rings. The first-order valence-corrected chi connectivity index (χ1v) is 6.21. The first-order chi connectivity index (χ1) is 10.3. The molecule has 1 aliphatic rings. The van der Waals surface area contributed by atoms with E-state index in [1.807, 2.05) is 0 Å². The van der Waals surface area contributed by atoms with Crippen LogP contribution in [0.3, 0.4) is 0 Å². The Bertz CT molecular complexity index is 577. The summed E-state index contributed by atoms with van der Waals surface area (Å²) in [6.45, 7) is 0. The van der Waals surface area contributed by atoms with Gasteiger partial charge < -0.3 is 29.9 Å². The number of hydrogen-bond acceptors (Lipinski definition) is 7. The molecule has 4 N–H and O–H groups in total. The Hall–Kier alpha value is -2.07. The lowest BCUT2D eigenvalue weighted by Gasteiger charge is -2.38. The van der Waals surface area contributed by atoms with Crippen LogP contribution in [0.1, 0.15) is 10.4 Å². The SMILES string of the molecule is O=C(O[C@@H]1[C@@H](O)[C@H](O)[C@@H](C(=O)O)O[C@H]1O)c1ccccc1F. The summed E-state index contributed by atoms with van der Waals surface area (Å²) < 4.78 is 22.8. The molecular weight excluding hydrogens is 303 g/mol. The van der Waals surface area contributed by atoms with Gasteiger partial charge in [-0.3, -0.25) is 0 Å². The molecule has 1 aliphatic heterocycles. The van der Waals surface area contributed by atoms with Crippen LogP contribution in [0.4, 0.5) is 4.39 Å². The lowest BCUT2D eigenvalue weighted by atomic mass is 9.99. The Morgan fingerprint density at radius 3 is 2.36 bits per heavy atom. The molecule has 0 saturated carbocycles. The van der Waals surface area contributed by atoms with Crippen molar-refractivity contribution in [3.8, 4) is 0 Å². The van der Waals surface area contributed by atoms with Gasteiger partial charge in [0.2, 0.25) is 0 Å². The Labute approximate surface area is 123 Å². The first-order valence-electron chi connectivity index (χ1n) is 6.21. The molecule has 1 heterocycles. The quantitative estimate of drug-likeness (QED) is 0.515. The van der Waals surface area contributed by atoms with E-state index < -0.39 is 54.0 Å². The van der Waals surface area contributed by atoms with E-state index in [-0.39, 0.29) is 0 Å². The Morgan fingerprint density at radius 2 is 1.77 bits per heavy atom. The van der Waals surface area contributed by atoms with Crippen LogP contribution in [-0.4, -0.2) is 63.1 Å². The van der Waals surface area contributed by atoms with Crippen molar-refractivity contribution < 1.29 is 43.9 Å². The molecule has 1 aromatic rings. The van der Waals surface area contributed by atoms with Crippen LogP contribution in [0.2, 0.25) is 0 Å². The predicted octanol–water partition coefficient (Wildman–Crippen LogP) is -1.13. The Morgan fingerprint density at radius 1 is 1.14 bits per heavy atom. The van der Waals surface area contributed by atoms with Crippen molar-refractivity contribution in [2.75, 3.05) is 0 Å². The molecule has 9 heteroatoms. The average Bonchev–Trinajstić information content (AvgIpc) is 2.47. The highest BCUT2D eigenvalue weighted by molar-refractivity contribution is 5.89. The van der Waals surface area contributed by atoms with Gasteiger partial charge in [-0.2, -0.15) is 0 Å². The molecule has 0 aliphatic carbocycles. The number of rotatable bonds is 3. The number of carboxylic acids is 1. The van der Waals surface area contributed by atoms with E-state index in [0.717, 1.165) is 12.1 Å². The second-order valence-electron chi connectivity index (χ2n) is 4.62. The second kappa shape index (κ2) is 6.36. The average molecular weight is 316 g/mol. The normalized spacial score (nSPS) is 31.5. The number of halogens is 1. The van der Waals surface area contributed by atoms with Gasteiger partial charge in [-0.15, -0.1) is 0 Å². The summed E-state index contributed by atoms with van der Waals surface area (Å²) in [4.78, 5) is 22.6. The van der Waals surface area contributed by atoms with Crippen LogP contribution >= 0.6 is 0 Å². The number of carbonyl (C=O) groups excluding carboxylic acids is 1. The number of carboxylic acid groups (broad SMARTS) is 1. The fraction of sp³-hybridized carbons (Fsp3) is 0.385. The monoisotopic (exact) mass is 316 g/mol. The molecule has 0 unspecified atom stereocenters. The molecule has 0 aromatic heterocycles. The lowest BCUT2D eigenvalue weighted by molar-refractivity contribution is -0.279. The zero-order valence-electron chi connectivity index (χ0n) is 11.0. The van der Waals surface area contributed by atoms with Crippen molar-refractivity contribution >= 4 is 11.9 Å². The minimum Gasteiger partial charge on any atom is -0.479 e. The number of aliphatic hydroxyl groups excluding tert-OH is 3. The van der Waals surface area contributed by atoms with Crippen molar-refractivity contribution in [2.45, 2.75) is 30.7 Å². The summed E-state index contributed by atoms with van der Waals surface area (Å²) in [5.74, 6) is -3.69. The number of esters is 1. The fourth-order valence-electron chi connectivity index (χ4n) is 2.00. The third kappa shape index (κ3) is 3.07. The topological polar surface area (TPSA) is 134 Å². The minimum atomic E-state index is -1.99. The van der Waals surface area contributed by atoms with Gasteiger partial charge in [-0.1, -0.05) is 12.1 Å². The van der Waals surface area contributed by atoms with Gasteiger partial charge in [-0.25, -0.2) is 14.0 Å². The maximum absolute atomic E-state index is 13.4. The summed E-state index contributed by atoms with van der Waals surface area (Å²) >= 11 is 0. The standard InChI is InChI=1S/C13H13FO8/c14-6-4-2-1-3-5(6)12(19)22-10-8(16)7(15)9(11(17)18)21-13(10)20/h1-4,7-10,13,15-16,20H,(H,17,18)/t7-,8-,9-,10+,13+/m0/s1. The van der Waals surface area contributed by atoms with Crippen LogP contribution < -0.4 is 0 Å². The summed E-state index contributed by atoms with van der Waals surface area (Å²) in [5.41, 5.74) is -0.447. The van der Waals surface area contributed by atoms with Gasteiger partial charge in [0.05, 0.1) is 5.56 Å². The number of aliphatic carboxylic acids is 1. The summed E-state index contributed by atoms with van der Waals surface area (Å²) in [6.07, 6.45) is -9.48. The van der Waals surface area contributed by atoms with E-state index >= 15 is 0 Å². The summed E-state index contributed by atoms with van der Waals surface area (Å²) in [6, 6.07) is 4.85. The van der Waals surface area contributed by atoms with Gasteiger partial charge >= 0.3 is 11.9 Å². The number of carbonyl (C=O) groups is 2. The third-order valence-electron chi connectivity index (χ3n) is 3.14. The van der Waals surface area contributed by atoms with Crippen LogP contribution in [-0.2, 0) is 14.3 Å². The van der Waals surface area contributed by atoms with Crippen molar-refractivity contribution in [2.24, 2.45) is 0 Å². The van der Waals surface area contributed by atoms with Gasteiger partial charge in [0.25, 0.3) is 0 Å². The van der Waals surface area contributed by atoms with Crippen molar-refractivity contribution in [3.05, 3.63) is 35.6 Å². The Kier molecular flexibility index (Phi) is 4.71. The van der Waals surface area contributed by atoms with Crippen LogP contribution in [0.15, 0.2) is 24.3 Å². The Balaban J connectivity index is 2.14. The third-order valence-corrected chi connectivity index (χ3v) is 3.14. The summed E-state index contributed by atoms with van der Waals surface area (Å²) in [7, 11) is 0. The molecule has 22 heavy (non-hydrogen) atoms. The van der Waals surface area contributed by atoms with Gasteiger partial charge in [0, 0.05) is 0 Å². The molecular formula is C13H13FO8. The summed E-state index contributed by atoms with van der Waals surface area (Å²) in [5, 5.41) is 37.7. The number of benzene rings is 1. The van der Waals surface area contributed by atoms with E-state index in [1.165, 1.54) is 12.1 Å². The van der Waals surface area contributed by atoms with E-state index in [4.69, 9.17) is 9.84 Å². The zero-order chi connectivity index (χ0) is 16.4. The zero-order valence-corrected chi connectivity index (χ0v) is 11.0.